The quantitative estimate of drug-likeness (QED) is 0.553. The molecule has 1 aromatic rings. The second kappa shape index (κ2) is 8.12. The molecule has 1 aliphatic heterocycles. The van der Waals surface area contributed by atoms with Crippen LogP contribution in [-0.4, -0.2) is 57.9 Å². The number of nitrogens with zero attached hydrogens (tertiary/aromatic N) is 5. The van der Waals surface area contributed by atoms with Crippen molar-refractivity contribution in [3.05, 3.63) is 40.2 Å². The Bertz CT molecular complexity index is 645. The van der Waals surface area contributed by atoms with Crippen molar-refractivity contribution >= 4 is 5.84 Å². The SMILES string of the molecule is CCN1CC([N+](=O)[O-])C(=NC(c2cccnc2)C2CC2)N(CC(C)C)C1. The Labute approximate surface area is 155 Å². The molecule has 0 spiro atoms. The molecule has 2 fully saturated rings. The Balaban J connectivity index is 1.97. The maximum Gasteiger partial charge on any atom is 0.281 e. The van der Waals surface area contributed by atoms with Gasteiger partial charge in [-0.2, -0.15) is 0 Å². The molecule has 0 amide bonds. The highest BCUT2D eigenvalue weighted by Gasteiger charge is 2.41. The van der Waals surface area contributed by atoms with Crippen LogP contribution in [0.25, 0.3) is 0 Å². The molecule has 7 nitrogen and oxygen atoms in total. The van der Waals surface area contributed by atoms with Crippen LogP contribution in [0.1, 0.15) is 45.2 Å². The van der Waals surface area contributed by atoms with Crippen molar-refractivity contribution in [1.29, 1.82) is 0 Å². The van der Waals surface area contributed by atoms with E-state index in [9.17, 15) is 10.1 Å². The first-order chi connectivity index (χ1) is 12.5. The molecule has 1 aromatic heterocycles. The average Bonchev–Trinajstić information content (AvgIpc) is 3.45. The van der Waals surface area contributed by atoms with Crippen molar-refractivity contribution in [1.82, 2.24) is 14.8 Å². The van der Waals surface area contributed by atoms with Gasteiger partial charge in [0.1, 0.15) is 0 Å². The Morgan fingerprint density at radius 2 is 2.19 bits per heavy atom. The number of nitro groups is 1. The summed E-state index contributed by atoms with van der Waals surface area (Å²) in [6.45, 7) is 9.07. The van der Waals surface area contributed by atoms with E-state index in [4.69, 9.17) is 4.99 Å². The summed E-state index contributed by atoms with van der Waals surface area (Å²) in [5.41, 5.74) is 1.06. The van der Waals surface area contributed by atoms with E-state index in [0.29, 0.717) is 30.9 Å². The summed E-state index contributed by atoms with van der Waals surface area (Å²) < 4.78 is 0. The molecular formula is C19H29N5O2. The Morgan fingerprint density at radius 3 is 2.73 bits per heavy atom. The summed E-state index contributed by atoms with van der Waals surface area (Å²) in [7, 11) is 0. The third kappa shape index (κ3) is 4.38. The molecule has 0 radical (unpaired) electrons. The largest absolute Gasteiger partial charge is 0.341 e. The van der Waals surface area contributed by atoms with Crippen LogP contribution in [0, 0.1) is 22.0 Å². The molecule has 2 aliphatic rings. The van der Waals surface area contributed by atoms with Crippen LogP contribution < -0.4 is 0 Å². The predicted octanol–water partition coefficient (Wildman–Crippen LogP) is 2.83. The van der Waals surface area contributed by atoms with Gasteiger partial charge in [0.15, 0.2) is 5.84 Å². The molecule has 2 heterocycles. The molecule has 1 saturated heterocycles. The zero-order chi connectivity index (χ0) is 18.7. The fourth-order valence-electron chi connectivity index (χ4n) is 3.62. The summed E-state index contributed by atoms with van der Waals surface area (Å²) in [6, 6.07) is 3.17. The van der Waals surface area contributed by atoms with E-state index in [1.54, 1.807) is 6.20 Å². The topological polar surface area (TPSA) is 74.9 Å². The zero-order valence-electron chi connectivity index (χ0n) is 15.9. The van der Waals surface area contributed by atoms with E-state index in [0.717, 1.165) is 31.5 Å². The molecule has 26 heavy (non-hydrogen) atoms. The van der Waals surface area contributed by atoms with Gasteiger partial charge >= 0.3 is 0 Å². The van der Waals surface area contributed by atoms with E-state index in [-0.39, 0.29) is 11.0 Å². The second-order valence-corrected chi connectivity index (χ2v) is 7.78. The van der Waals surface area contributed by atoms with Crippen molar-refractivity contribution in [2.45, 2.75) is 45.7 Å². The minimum absolute atomic E-state index is 0.0241. The van der Waals surface area contributed by atoms with Gasteiger partial charge in [0.05, 0.1) is 19.3 Å². The first-order valence-electron chi connectivity index (χ1n) is 9.58. The molecule has 3 rings (SSSR count). The molecule has 0 bridgehead atoms. The summed E-state index contributed by atoms with van der Waals surface area (Å²) >= 11 is 0. The Morgan fingerprint density at radius 1 is 1.42 bits per heavy atom. The van der Waals surface area contributed by atoms with Crippen LogP contribution in [0.3, 0.4) is 0 Å². The first kappa shape index (κ1) is 18.8. The van der Waals surface area contributed by atoms with Gasteiger partial charge in [-0.1, -0.05) is 26.8 Å². The summed E-state index contributed by atoms with van der Waals surface area (Å²) in [4.78, 5) is 25.1. The van der Waals surface area contributed by atoms with Crippen LogP contribution in [-0.2, 0) is 0 Å². The number of amidine groups is 1. The first-order valence-corrected chi connectivity index (χ1v) is 9.58. The molecule has 2 atom stereocenters. The number of rotatable bonds is 7. The number of aliphatic imine (C=N–C) groups is 1. The number of pyridine rings is 1. The van der Waals surface area contributed by atoms with Crippen molar-refractivity contribution in [2.75, 3.05) is 26.3 Å². The van der Waals surface area contributed by atoms with Gasteiger partial charge in [0.2, 0.25) is 0 Å². The number of aromatic nitrogens is 1. The molecule has 142 valence electrons. The van der Waals surface area contributed by atoms with Crippen molar-refractivity contribution in [3.8, 4) is 0 Å². The third-order valence-electron chi connectivity index (χ3n) is 5.08. The molecule has 7 heteroatoms. The second-order valence-electron chi connectivity index (χ2n) is 7.78. The highest BCUT2D eigenvalue weighted by molar-refractivity contribution is 5.87. The molecular weight excluding hydrogens is 330 g/mol. The zero-order valence-corrected chi connectivity index (χ0v) is 15.9. The monoisotopic (exact) mass is 359 g/mol. The summed E-state index contributed by atoms with van der Waals surface area (Å²) in [5, 5.41) is 11.8. The summed E-state index contributed by atoms with van der Waals surface area (Å²) in [6.07, 6.45) is 5.86. The summed E-state index contributed by atoms with van der Waals surface area (Å²) in [5.74, 6) is 1.54. The Hall–Kier alpha value is -2.02. The lowest BCUT2D eigenvalue weighted by atomic mass is 10.0. The van der Waals surface area contributed by atoms with E-state index in [2.05, 4.69) is 35.6 Å². The molecule has 1 aliphatic carbocycles. The van der Waals surface area contributed by atoms with Gasteiger partial charge in [-0.3, -0.25) is 25.0 Å². The minimum Gasteiger partial charge on any atom is -0.341 e. The highest BCUT2D eigenvalue weighted by Crippen LogP contribution is 2.43. The fraction of sp³-hybridized carbons (Fsp3) is 0.684. The third-order valence-corrected chi connectivity index (χ3v) is 5.08. The number of hydrogen-bond donors (Lipinski definition) is 0. The van der Waals surface area contributed by atoms with Gasteiger partial charge in [0, 0.05) is 23.9 Å². The number of likely N-dealkylation sites (N-methyl/N-ethyl adjacent to an activating group) is 1. The van der Waals surface area contributed by atoms with Crippen molar-refractivity contribution in [3.63, 3.8) is 0 Å². The van der Waals surface area contributed by atoms with Gasteiger partial charge in [-0.25, -0.2) is 0 Å². The van der Waals surface area contributed by atoms with Gasteiger partial charge in [0.25, 0.3) is 6.04 Å². The molecule has 1 saturated carbocycles. The van der Waals surface area contributed by atoms with E-state index >= 15 is 0 Å². The lowest BCUT2D eigenvalue weighted by molar-refractivity contribution is -0.507. The maximum absolute atomic E-state index is 11.8. The smallest absolute Gasteiger partial charge is 0.281 e. The molecule has 0 aromatic carbocycles. The van der Waals surface area contributed by atoms with Crippen LogP contribution in [0.4, 0.5) is 0 Å². The van der Waals surface area contributed by atoms with E-state index in [1.165, 1.54) is 0 Å². The normalized spacial score (nSPS) is 24.2. The lowest BCUT2D eigenvalue weighted by Crippen LogP contribution is -2.59. The van der Waals surface area contributed by atoms with Crippen LogP contribution in [0.2, 0.25) is 0 Å². The fourth-order valence-corrected chi connectivity index (χ4v) is 3.62. The Kier molecular flexibility index (Phi) is 5.86. The maximum atomic E-state index is 11.8. The van der Waals surface area contributed by atoms with Gasteiger partial charge in [-0.05, 0) is 42.9 Å². The lowest BCUT2D eigenvalue weighted by Gasteiger charge is -2.39. The predicted molar refractivity (Wildman–Crippen MR) is 102 cm³/mol. The van der Waals surface area contributed by atoms with Gasteiger partial charge < -0.3 is 4.90 Å². The molecule has 0 N–H and O–H groups in total. The van der Waals surface area contributed by atoms with Crippen LogP contribution >= 0.6 is 0 Å². The minimum atomic E-state index is -0.764. The van der Waals surface area contributed by atoms with Crippen LogP contribution in [0.5, 0.6) is 0 Å². The van der Waals surface area contributed by atoms with E-state index in [1.807, 2.05) is 18.3 Å². The average molecular weight is 359 g/mol. The van der Waals surface area contributed by atoms with Crippen molar-refractivity contribution < 1.29 is 4.92 Å². The van der Waals surface area contributed by atoms with Crippen LogP contribution in [0.15, 0.2) is 29.5 Å². The number of hydrogen-bond acceptors (Lipinski definition) is 5. The van der Waals surface area contributed by atoms with Crippen molar-refractivity contribution in [2.24, 2.45) is 16.8 Å². The van der Waals surface area contributed by atoms with E-state index < -0.39 is 6.04 Å². The standard InChI is InChI=1S/C19H29N5O2/c1-4-22-12-17(24(25)26)19(23(13-22)11-14(2)3)21-18(15-7-8-15)16-6-5-9-20-10-16/h5-6,9-10,14-15,17-18H,4,7-8,11-13H2,1-3H3. The highest BCUT2D eigenvalue weighted by atomic mass is 16.6. The molecule has 2 unspecified atom stereocenters. The van der Waals surface area contributed by atoms with Gasteiger partial charge in [-0.15, -0.1) is 0 Å².